The van der Waals surface area contributed by atoms with Crippen LogP contribution in [-0.2, 0) is 11.2 Å². The molecule has 0 bridgehead atoms. The first kappa shape index (κ1) is 13.1. The molecule has 2 aromatic rings. The maximum Gasteiger partial charge on any atom is 0.134 e. The van der Waals surface area contributed by atoms with Gasteiger partial charge in [-0.2, -0.15) is 0 Å². The van der Waals surface area contributed by atoms with Crippen LogP contribution in [0.4, 0.5) is 0 Å². The Morgan fingerprint density at radius 2 is 2.17 bits per heavy atom. The van der Waals surface area contributed by atoms with Crippen molar-refractivity contribution >= 4 is 11.0 Å². The number of methoxy groups -OCH3 is 1. The molecule has 0 fully saturated rings. The van der Waals surface area contributed by atoms with Gasteiger partial charge in [-0.25, -0.2) is 0 Å². The highest BCUT2D eigenvalue weighted by Gasteiger charge is 2.08. The zero-order valence-corrected chi connectivity index (χ0v) is 11.1. The summed E-state index contributed by atoms with van der Waals surface area (Å²) in [6.07, 6.45) is 0.967. The van der Waals surface area contributed by atoms with Gasteiger partial charge in [0.1, 0.15) is 11.3 Å². The molecule has 1 aromatic heterocycles. The van der Waals surface area contributed by atoms with Crippen molar-refractivity contribution in [1.82, 2.24) is 5.32 Å². The van der Waals surface area contributed by atoms with Crippen molar-refractivity contribution in [2.75, 3.05) is 26.8 Å². The monoisotopic (exact) mass is 247 g/mol. The first-order valence-electron chi connectivity index (χ1n) is 6.46. The number of fused-ring (bicyclic) bond motifs is 1. The van der Waals surface area contributed by atoms with Crippen LogP contribution in [-0.4, -0.2) is 26.8 Å². The summed E-state index contributed by atoms with van der Waals surface area (Å²) >= 11 is 0. The molecule has 2 rings (SSSR count). The minimum Gasteiger partial charge on any atom is -0.461 e. The van der Waals surface area contributed by atoms with Crippen LogP contribution in [0.1, 0.15) is 12.7 Å². The van der Waals surface area contributed by atoms with Gasteiger partial charge in [0.05, 0.1) is 6.61 Å². The van der Waals surface area contributed by atoms with Gasteiger partial charge in [-0.15, -0.1) is 0 Å². The van der Waals surface area contributed by atoms with Crippen LogP contribution in [0.3, 0.4) is 0 Å². The highest BCUT2D eigenvalue weighted by Crippen LogP contribution is 2.20. The number of nitrogens with one attached hydrogen (secondary N) is 1. The number of hydrogen-bond acceptors (Lipinski definition) is 3. The lowest BCUT2D eigenvalue weighted by atomic mass is 10.1. The summed E-state index contributed by atoms with van der Waals surface area (Å²) in [5, 5.41) is 4.56. The van der Waals surface area contributed by atoms with Crippen LogP contribution < -0.4 is 5.32 Å². The Bertz CT molecular complexity index is 445. The van der Waals surface area contributed by atoms with E-state index >= 15 is 0 Å². The summed E-state index contributed by atoms with van der Waals surface area (Å²) in [5.41, 5.74) is 0.979. The van der Waals surface area contributed by atoms with Gasteiger partial charge in [-0.1, -0.05) is 25.1 Å². The molecule has 3 nitrogen and oxygen atoms in total. The molecular weight excluding hydrogens is 226 g/mol. The Morgan fingerprint density at radius 1 is 1.33 bits per heavy atom. The number of hydrogen-bond donors (Lipinski definition) is 1. The molecule has 0 saturated carbocycles. The fraction of sp³-hybridized carbons (Fsp3) is 0.467. The van der Waals surface area contributed by atoms with Gasteiger partial charge in [0.2, 0.25) is 0 Å². The van der Waals surface area contributed by atoms with Gasteiger partial charge in [0.25, 0.3) is 0 Å². The number of rotatable bonds is 7. The third-order valence-corrected chi connectivity index (χ3v) is 3.00. The predicted octanol–water partition coefficient (Wildman–Crippen LogP) is 2.85. The van der Waals surface area contributed by atoms with Crippen molar-refractivity contribution in [3.05, 3.63) is 36.1 Å². The summed E-state index contributed by atoms with van der Waals surface area (Å²) in [6.45, 7) is 4.88. The van der Waals surface area contributed by atoms with Crippen molar-refractivity contribution < 1.29 is 9.15 Å². The lowest BCUT2D eigenvalue weighted by Gasteiger charge is -2.10. The zero-order valence-electron chi connectivity index (χ0n) is 11.1. The maximum absolute atomic E-state index is 5.81. The highest BCUT2D eigenvalue weighted by atomic mass is 16.5. The SMILES string of the molecule is COCCNCC(C)Cc1cc2ccccc2o1. The van der Waals surface area contributed by atoms with Gasteiger partial charge < -0.3 is 14.5 Å². The number of ether oxygens (including phenoxy) is 1. The van der Waals surface area contributed by atoms with Crippen LogP contribution in [0.5, 0.6) is 0 Å². The van der Waals surface area contributed by atoms with E-state index in [9.17, 15) is 0 Å². The van der Waals surface area contributed by atoms with E-state index in [1.165, 1.54) is 5.39 Å². The Morgan fingerprint density at radius 3 is 2.94 bits per heavy atom. The summed E-state index contributed by atoms with van der Waals surface area (Å²) in [4.78, 5) is 0. The Balaban J connectivity index is 1.84. The van der Waals surface area contributed by atoms with E-state index in [1.54, 1.807) is 7.11 Å². The van der Waals surface area contributed by atoms with Crippen molar-refractivity contribution in [1.29, 1.82) is 0 Å². The summed E-state index contributed by atoms with van der Waals surface area (Å²) in [5.74, 6) is 1.62. The van der Waals surface area contributed by atoms with E-state index in [4.69, 9.17) is 9.15 Å². The molecule has 1 heterocycles. The van der Waals surface area contributed by atoms with Crippen LogP contribution in [0.25, 0.3) is 11.0 Å². The van der Waals surface area contributed by atoms with Crippen LogP contribution in [0.15, 0.2) is 34.7 Å². The standard InChI is InChI=1S/C15H21NO2/c1-12(11-16-7-8-17-2)9-14-10-13-5-3-4-6-15(13)18-14/h3-6,10,12,16H,7-9,11H2,1-2H3. The topological polar surface area (TPSA) is 34.4 Å². The number of benzene rings is 1. The zero-order chi connectivity index (χ0) is 12.8. The van der Waals surface area contributed by atoms with Crippen molar-refractivity contribution in [2.45, 2.75) is 13.3 Å². The molecule has 0 aliphatic heterocycles. The second kappa shape index (κ2) is 6.57. The summed E-state index contributed by atoms with van der Waals surface area (Å²) in [7, 11) is 1.72. The smallest absolute Gasteiger partial charge is 0.134 e. The largest absolute Gasteiger partial charge is 0.461 e. The molecule has 0 aliphatic rings. The molecule has 0 aliphatic carbocycles. The Labute approximate surface area is 108 Å². The van der Waals surface area contributed by atoms with E-state index in [1.807, 2.05) is 18.2 Å². The second-order valence-corrected chi connectivity index (χ2v) is 4.76. The average Bonchev–Trinajstić information content (AvgIpc) is 2.76. The molecule has 1 N–H and O–H groups in total. The fourth-order valence-electron chi connectivity index (χ4n) is 2.08. The van der Waals surface area contributed by atoms with Gasteiger partial charge in [-0.3, -0.25) is 0 Å². The molecule has 0 spiro atoms. The molecule has 1 aromatic carbocycles. The number of furan rings is 1. The molecule has 0 amide bonds. The van der Waals surface area contributed by atoms with Crippen LogP contribution >= 0.6 is 0 Å². The van der Waals surface area contributed by atoms with Crippen LogP contribution in [0.2, 0.25) is 0 Å². The van der Waals surface area contributed by atoms with E-state index < -0.39 is 0 Å². The van der Waals surface area contributed by atoms with Crippen molar-refractivity contribution in [3.8, 4) is 0 Å². The maximum atomic E-state index is 5.81. The third kappa shape index (κ3) is 3.59. The molecule has 0 radical (unpaired) electrons. The highest BCUT2D eigenvalue weighted by molar-refractivity contribution is 5.77. The molecule has 1 atom stereocenters. The van der Waals surface area contributed by atoms with Gasteiger partial charge in [0.15, 0.2) is 0 Å². The molecule has 3 heteroatoms. The van der Waals surface area contributed by atoms with Crippen molar-refractivity contribution in [3.63, 3.8) is 0 Å². The predicted molar refractivity (Wildman–Crippen MR) is 73.8 cm³/mol. The first-order chi connectivity index (χ1) is 8.79. The van der Waals surface area contributed by atoms with Gasteiger partial charge >= 0.3 is 0 Å². The van der Waals surface area contributed by atoms with Gasteiger partial charge in [0, 0.05) is 25.5 Å². The van der Waals surface area contributed by atoms with E-state index in [0.717, 1.165) is 37.5 Å². The van der Waals surface area contributed by atoms with Crippen molar-refractivity contribution in [2.24, 2.45) is 5.92 Å². The molecule has 98 valence electrons. The van der Waals surface area contributed by atoms with Crippen LogP contribution in [0, 0.1) is 5.92 Å². The Kier molecular flexibility index (Phi) is 4.79. The summed E-state index contributed by atoms with van der Waals surface area (Å²) < 4.78 is 10.8. The van der Waals surface area contributed by atoms with E-state index in [2.05, 4.69) is 24.4 Å². The molecule has 18 heavy (non-hydrogen) atoms. The minimum atomic E-state index is 0.558. The minimum absolute atomic E-state index is 0.558. The fourth-order valence-corrected chi connectivity index (χ4v) is 2.08. The second-order valence-electron chi connectivity index (χ2n) is 4.76. The Hall–Kier alpha value is -1.32. The quantitative estimate of drug-likeness (QED) is 0.764. The normalized spacial score (nSPS) is 13.0. The third-order valence-electron chi connectivity index (χ3n) is 3.00. The molecule has 1 unspecified atom stereocenters. The molecule has 0 saturated heterocycles. The average molecular weight is 247 g/mol. The lowest BCUT2D eigenvalue weighted by molar-refractivity contribution is 0.198. The van der Waals surface area contributed by atoms with E-state index in [0.29, 0.717) is 5.92 Å². The van der Waals surface area contributed by atoms with Gasteiger partial charge in [-0.05, 0) is 24.6 Å². The molecular formula is C15H21NO2. The lowest BCUT2D eigenvalue weighted by Crippen LogP contribution is -2.25. The number of para-hydroxylation sites is 1. The summed E-state index contributed by atoms with van der Waals surface area (Å²) in [6, 6.07) is 10.3. The first-order valence-corrected chi connectivity index (χ1v) is 6.46. The van der Waals surface area contributed by atoms with E-state index in [-0.39, 0.29) is 0 Å².